The van der Waals surface area contributed by atoms with Crippen molar-refractivity contribution in [1.29, 1.82) is 0 Å². The van der Waals surface area contributed by atoms with Gasteiger partial charge in [0, 0.05) is 18.7 Å². The fraction of sp³-hybridized carbons (Fsp3) is 0.286. The predicted molar refractivity (Wildman–Crippen MR) is 109 cm³/mol. The number of hydrogen-bond acceptors (Lipinski definition) is 6. The van der Waals surface area contributed by atoms with Crippen LogP contribution in [0.5, 0.6) is 5.75 Å². The van der Waals surface area contributed by atoms with Crippen molar-refractivity contribution in [2.75, 3.05) is 18.6 Å². The van der Waals surface area contributed by atoms with Crippen molar-refractivity contribution in [3.05, 3.63) is 59.9 Å². The molecule has 1 saturated heterocycles. The van der Waals surface area contributed by atoms with E-state index in [1.165, 1.54) is 0 Å². The summed E-state index contributed by atoms with van der Waals surface area (Å²) >= 11 is 0. The maximum Gasteiger partial charge on any atom is 0.227 e. The Morgan fingerprint density at radius 2 is 1.83 bits per heavy atom. The first-order chi connectivity index (χ1) is 14.5. The first-order valence-electron chi connectivity index (χ1n) is 9.61. The zero-order chi connectivity index (χ0) is 21.1. The van der Waals surface area contributed by atoms with Crippen molar-refractivity contribution < 1.29 is 14.3 Å². The number of carbonyl (C=O) groups is 2. The second-order valence-corrected chi connectivity index (χ2v) is 7.16. The number of carbonyl (C=O) groups excluding carboxylic acids is 2. The Kier molecular flexibility index (Phi) is 5.42. The molecular formula is C21H22N6O3. The molecule has 1 aromatic heterocycles. The van der Waals surface area contributed by atoms with Crippen LogP contribution in [-0.2, 0) is 16.1 Å². The Morgan fingerprint density at radius 1 is 1.13 bits per heavy atom. The molecule has 2 aromatic carbocycles. The van der Waals surface area contributed by atoms with Crippen LogP contribution in [-0.4, -0.2) is 45.7 Å². The Hall–Kier alpha value is -3.75. The van der Waals surface area contributed by atoms with E-state index in [0.717, 1.165) is 16.9 Å². The first kappa shape index (κ1) is 19.6. The molecule has 1 aliphatic heterocycles. The highest BCUT2D eigenvalue weighted by molar-refractivity contribution is 6.00. The molecule has 1 fully saturated rings. The van der Waals surface area contributed by atoms with Gasteiger partial charge in [0.2, 0.25) is 11.8 Å². The van der Waals surface area contributed by atoms with E-state index in [-0.39, 0.29) is 24.8 Å². The molecule has 1 aliphatic rings. The van der Waals surface area contributed by atoms with Gasteiger partial charge in [0.15, 0.2) is 5.82 Å². The lowest BCUT2D eigenvalue weighted by Gasteiger charge is -2.17. The van der Waals surface area contributed by atoms with Crippen LogP contribution < -0.4 is 15.0 Å². The fourth-order valence-corrected chi connectivity index (χ4v) is 3.41. The fourth-order valence-electron chi connectivity index (χ4n) is 3.41. The largest absolute Gasteiger partial charge is 0.497 e. The molecule has 0 saturated carbocycles. The monoisotopic (exact) mass is 406 g/mol. The summed E-state index contributed by atoms with van der Waals surface area (Å²) in [6, 6.07) is 15.0. The van der Waals surface area contributed by atoms with E-state index in [0.29, 0.717) is 18.1 Å². The van der Waals surface area contributed by atoms with Crippen LogP contribution in [0.3, 0.4) is 0 Å². The van der Waals surface area contributed by atoms with Gasteiger partial charge in [0.05, 0.1) is 25.3 Å². The summed E-state index contributed by atoms with van der Waals surface area (Å²) < 4.78 is 6.73. The molecule has 1 unspecified atom stereocenters. The van der Waals surface area contributed by atoms with E-state index in [4.69, 9.17) is 4.74 Å². The molecule has 2 amide bonds. The highest BCUT2D eigenvalue weighted by atomic mass is 16.5. The van der Waals surface area contributed by atoms with E-state index in [1.807, 2.05) is 43.3 Å². The molecule has 9 nitrogen and oxygen atoms in total. The molecule has 1 N–H and O–H groups in total. The lowest BCUT2D eigenvalue weighted by molar-refractivity contribution is -0.126. The summed E-state index contributed by atoms with van der Waals surface area (Å²) in [4.78, 5) is 26.7. The highest BCUT2D eigenvalue weighted by Gasteiger charge is 2.35. The van der Waals surface area contributed by atoms with E-state index in [2.05, 4.69) is 20.8 Å². The van der Waals surface area contributed by atoms with Gasteiger partial charge in [-0.2, -0.15) is 4.68 Å². The quantitative estimate of drug-likeness (QED) is 0.668. The lowest BCUT2D eigenvalue weighted by atomic mass is 10.1. The van der Waals surface area contributed by atoms with Gasteiger partial charge >= 0.3 is 0 Å². The topological polar surface area (TPSA) is 102 Å². The number of rotatable bonds is 6. The second-order valence-electron chi connectivity index (χ2n) is 7.16. The van der Waals surface area contributed by atoms with Crippen LogP contribution in [0.2, 0.25) is 0 Å². The van der Waals surface area contributed by atoms with Crippen molar-refractivity contribution in [3.63, 3.8) is 0 Å². The van der Waals surface area contributed by atoms with Gasteiger partial charge in [-0.3, -0.25) is 9.59 Å². The third-order valence-electron chi connectivity index (χ3n) is 5.11. The Bertz CT molecular complexity index is 1050. The van der Waals surface area contributed by atoms with Crippen LogP contribution in [0.4, 0.5) is 5.69 Å². The van der Waals surface area contributed by atoms with Crippen molar-refractivity contribution in [3.8, 4) is 11.4 Å². The number of anilines is 1. The van der Waals surface area contributed by atoms with Crippen molar-refractivity contribution in [2.24, 2.45) is 5.92 Å². The normalized spacial score (nSPS) is 16.0. The number of aromatic nitrogens is 4. The molecule has 0 aliphatic carbocycles. The molecule has 9 heteroatoms. The second kappa shape index (κ2) is 8.32. The number of nitrogens with zero attached hydrogens (tertiary/aromatic N) is 5. The van der Waals surface area contributed by atoms with Gasteiger partial charge < -0.3 is 15.0 Å². The smallest absolute Gasteiger partial charge is 0.227 e. The van der Waals surface area contributed by atoms with E-state index < -0.39 is 5.92 Å². The Balaban J connectivity index is 1.39. The first-order valence-corrected chi connectivity index (χ1v) is 9.61. The minimum Gasteiger partial charge on any atom is -0.497 e. The van der Waals surface area contributed by atoms with Gasteiger partial charge in [0.1, 0.15) is 5.75 Å². The Labute approximate surface area is 173 Å². The SMILES string of the molecule is COc1ccc(N2CC(C(=O)NCc3nnnn3-c3ccc(C)cc3)CC2=O)cc1. The molecule has 1 atom stereocenters. The minimum atomic E-state index is -0.427. The summed E-state index contributed by atoms with van der Waals surface area (Å²) in [5, 5.41) is 14.6. The zero-order valence-corrected chi connectivity index (χ0v) is 16.8. The summed E-state index contributed by atoms with van der Waals surface area (Å²) in [5.74, 6) is 0.528. The molecule has 0 radical (unpaired) electrons. The highest BCUT2D eigenvalue weighted by Crippen LogP contribution is 2.27. The summed E-state index contributed by atoms with van der Waals surface area (Å²) in [6.07, 6.45) is 0.167. The maximum absolute atomic E-state index is 12.7. The molecule has 3 aromatic rings. The summed E-state index contributed by atoms with van der Waals surface area (Å²) in [6.45, 7) is 2.51. The van der Waals surface area contributed by atoms with Crippen LogP contribution >= 0.6 is 0 Å². The molecule has 4 rings (SSSR count). The number of amides is 2. The molecule has 0 spiro atoms. The standard InChI is InChI=1S/C21H22N6O3/c1-14-3-5-17(6-4-14)27-19(23-24-25-27)12-22-21(29)15-11-20(28)26(13-15)16-7-9-18(30-2)10-8-16/h3-10,15H,11-13H2,1-2H3,(H,22,29). The number of nitrogens with one attached hydrogen (secondary N) is 1. The van der Waals surface area contributed by atoms with Gasteiger partial charge in [-0.05, 0) is 53.7 Å². The number of benzene rings is 2. The predicted octanol–water partition coefficient (Wildman–Crippen LogP) is 1.65. The number of tetrazole rings is 1. The van der Waals surface area contributed by atoms with Crippen LogP contribution in [0.15, 0.2) is 48.5 Å². The van der Waals surface area contributed by atoms with Gasteiger partial charge in [-0.25, -0.2) is 0 Å². The number of hydrogen-bond donors (Lipinski definition) is 1. The van der Waals surface area contributed by atoms with E-state index >= 15 is 0 Å². The summed E-state index contributed by atoms with van der Waals surface area (Å²) in [5.41, 5.74) is 2.70. The van der Waals surface area contributed by atoms with Gasteiger partial charge in [-0.15, -0.1) is 5.10 Å². The molecule has 0 bridgehead atoms. The van der Waals surface area contributed by atoms with Crippen LogP contribution in [0, 0.1) is 12.8 Å². The van der Waals surface area contributed by atoms with Crippen molar-refractivity contribution >= 4 is 17.5 Å². The van der Waals surface area contributed by atoms with E-state index in [1.54, 1.807) is 28.8 Å². The average Bonchev–Trinajstić information content (AvgIpc) is 3.39. The third-order valence-corrected chi connectivity index (χ3v) is 5.11. The molecular weight excluding hydrogens is 384 g/mol. The lowest BCUT2D eigenvalue weighted by Crippen LogP contribution is -2.33. The molecule has 154 valence electrons. The number of methoxy groups -OCH3 is 1. The minimum absolute atomic E-state index is 0.0789. The average molecular weight is 406 g/mol. The summed E-state index contributed by atoms with van der Waals surface area (Å²) in [7, 11) is 1.59. The van der Waals surface area contributed by atoms with Crippen LogP contribution in [0.1, 0.15) is 17.8 Å². The number of aryl methyl sites for hydroxylation is 1. The van der Waals surface area contributed by atoms with Crippen molar-refractivity contribution in [2.45, 2.75) is 19.9 Å². The van der Waals surface area contributed by atoms with Gasteiger partial charge in [0.25, 0.3) is 0 Å². The van der Waals surface area contributed by atoms with Gasteiger partial charge in [-0.1, -0.05) is 17.7 Å². The zero-order valence-electron chi connectivity index (χ0n) is 16.8. The van der Waals surface area contributed by atoms with E-state index in [9.17, 15) is 9.59 Å². The maximum atomic E-state index is 12.7. The number of ether oxygens (including phenoxy) is 1. The molecule has 30 heavy (non-hydrogen) atoms. The van der Waals surface area contributed by atoms with Crippen molar-refractivity contribution in [1.82, 2.24) is 25.5 Å². The third kappa shape index (κ3) is 4.00. The van der Waals surface area contributed by atoms with Crippen LogP contribution in [0.25, 0.3) is 5.69 Å². The molecule has 2 heterocycles. The Morgan fingerprint density at radius 3 is 2.53 bits per heavy atom.